The van der Waals surface area contributed by atoms with Gasteiger partial charge in [0.05, 0.1) is 6.54 Å². The van der Waals surface area contributed by atoms with Crippen LogP contribution in [0.2, 0.25) is 0 Å². The highest BCUT2D eigenvalue weighted by Gasteiger charge is 2.23. The van der Waals surface area contributed by atoms with Crippen molar-refractivity contribution in [2.24, 2.45) is 0 Å². The number of carbonyl (C=O) groups excluding carboxylic acids is 1. The Hall–Kier alpha value is -1.66. The van der Waals surface area contributed by atoms with Gasteiger partial charge in [-0.3, -0.25) is 14.6 Å². The molecule has 132 valence electrons. The molecule has 1 saturated heterocycles. The van der Waals surface area contributed by atoms with E-state index >= 15 is 0 Å². The molecular formula is C18H28N4O2. The molecule has 1 amide bonds. The molecule has 6 heteroatoms. The second kappa shape index (κ2) is 8.44. The van der Waals surface area contributed by atoms with Crippen molar-refractivity contribution in [3.8, 4) is 0 Å². The summed E-state index contributed by atoms with van der Waals surface area (Å²) in [5, 5.41) is 6.59. The van der Waals surface area contributed by atoms with Crippen LogP contribution in [0.5, 0.6) is 0 Å². The second-order valence-electron chi connectivity index (χ2n) is 6.82. The van der Waals surface area contributed by atoms with Gasteiger partial charge in [-0.15, -0.1) is 0 Å². The summed E-state index contributed by atoms with van der Waals surface area (Å²) in [5.74, 6) is 1.17. The molecule has 3 rings (SSSR count). The van der Waals surface area contributed by atoms with Crippen molar-refractivity contribution in [3.05, 3.63) is 24.0 Å². The summed E-state index contributed by atoms with van der Waals surface area (Å²) in [6.45, 7) is 6.17. The van der Waals surface area contributed by atoms with Crippen molar-refractivity contribution in [3.63, 3.8) is 0 Å². The van der Waals surface area contributed by atoms with Crippen molar-refractivity contribution in [1.29, 1.82) is 0 Å². The maximum absolute atomic E-state index is 12.1. The molecule has 1 aliphatic carbocycles. The van der Waals surface area contributed by atoms with Gasteiger partial charge < -0.3 is 9.84 Å². The van der Waals surface area contributed by atoms with Crippen molar-refractivity contribution < 1.29 is 9.32 Å². The Bertz CT molecular complexity index is 561. The highest BCUT2D eigenvalue weighted by Crippen LogP contribution is 2.18. The number of rotatable bonds is 4. The van der Waals surface area contributed by atoms with E-state index in [0.717, 1.165) is 26.2 Å². The summed E-state index contributed by atoms with van der Waals surface area (Å²) in [5.41, 5.74) is 0. The quantitative estimate of drug-likeness (QED) is 0.858. The van der Waals surface area contributed by atoms with E-state index in [2.05, 4.69) is 32.4 Å². The molecule has 0 saturated carbocycles. The number of amides is 1. The first-order valence-electron chi connectivity index (χ1n) is 9.07. The smallest absolute Gasteiger partial charge is 0.239 e. The van der Waals surface area contributed by atoms with Crippen molar-refractivity contribution in [2.75, 3.05) is 38.0 Å². The van der Waals surface area contributed by atoms with E-state index in [1.165, 1.54) is 32.1 Å². The SMILES string of the molecule is Cc1cc(NC(=O)CN2CCN(C3/C=C\CCCCC3)CC2)no1. The van der Waals surface area contributed by atoms with Crippen molar-refractivity contribution in [1.82, 2.24) is 15.0 Å². The molecule has 1 aromatic rings. The lowest BCUT2D eigenvalue weighted by Gasteiger charge is -2.38. The minimum atomic E-state index is -0.0254. The first-order chi connectivity index (χ1) is 11.7. The van der Waals surface area contributed by atoms with Crippen LogP contribution in [0.25, 0.3) is 0 Å². The molecule has 1 unspecified atom stereocenters. The average molecular weight is 332 g/mol. The normalized spacial score (nSPS) is 25.0. The lowest BCUT2D eigenvalue weighted by Crippen LogP contribution is -2.51. The summed E-state index contributed by atoms with van der Waals surface area (Å²) in [7, 11) is 0. The Labute approximate surface area is 143 Å². The standard InChI is InChI=1S/C18H28N4O2/c1-15-13-17(20-24-15)19-18(23)14-21-9-11-22(12-10-21)16-7-5-3-2-4-6-8-16/h5,7,13,16H,2-4,6,8-12,14H2,1H3,(H,19,20,23)/b7-5-. The fraction of sp³-hybridized carbons (Fsp3) is 0.667. The van der Waals surface area contributed by atoms with Gasteiger partial charge >= 0.3 is 0 Å². The Morgan fingerprint density at radius 2 is 2.12 bits per heavy atom. The third-order valence-corrected chi connectivity index (χ3v) is 4.87. The van der Waals surface area contributed by atoms with Crippen molar-refractivity contribution in [2.45, 2.75) is 45.1 Å². The van der Waals surface area contributed by atoms with E-state index in [-0.39, 0.29) is 5.91 Å². The van der Waals surface area contributed by atoms with Crippen LogP contribution in [0.4, 0.5) is 5.82 Å². The molecule has 0 bridgehead atoms. The predicted octanol–water partition coefficient (Wildman–Crippen LogP) is 2.43. The maximum atomic E-state index is 12.1. The highest BCUT2D eigenvalue weighted by molar-refractivity contribution is 5.91. The summed E-state index contributed by atoms with van der Waals surface area (Å²) < 4.78 is 4.96. The Morgan fingerprint density at radius 3 is 2.88 bits per heavy atom. The van der Waals surface area contributed by atoms with Gasteiger partial charge in [0.2, 0.25) is 5.91 Å². The summed E-state index contributed by atoms with van der Waals surface area (Å²) in [6, 6.07) is 2.32. The van der Waals surface area contributed by atoms with Gasteiger partial charge in [-0.1, -0.05) is 30.2 Å². The zero-order chi connectivity index (χ0) is 16.8. The number of allylic oxidation sites excluding steroid dienone is 1. The molecule has 2 heterocycles. The molecule has 0 radical (unpaired) electrons. The monoisotopic (exact) mass is 332 g/mol. The van der Waals surface area contributed by atoms with Gasteiger partial charge in [0.15, 0.2) is 5.82 Å². The number of anilines is 1. The van der Waals surface area contributed by atoms with Crippen LogP contribution in [-0.4, -0.2) is 59.6 Å². The molecule has 0 aromatic carbocycles. The molecule has 1 aliphatic heterocycles. The summed E-state index contributed by atoms with van der Waals surface area (Å²) >= 11 is 0. The minimum absolute atomic E-state index is 0.0254. The van der Waals surface area contributed by atoms with E-state index < -0.39 is 0 Å². The van der Waals surface area contributed by atoms with Crippen LogP contribution in [0.15, 0.2) is 22.7 Å². The zero-order valence-corrected chi connectivity index (χ0v) is 14.5. The Kier molecular flexibility index (Phi) is 6.04. The first-order valence-corrected chi connectivity index (χ1v) is 9.07. The number of piperazine rings is 1. The zero-order valence-electron chi connectivity index (χ0n) is 14.5. The molecule has 6 nitrogen and oxygen atoms in total. The van der Waals surface area contributed by atoms with E-state index in [1.807, 2.05) is 6.92 Å². The topological polar surface area (TPSA) is 61.6 Å². The van der Waals surface area contributed by atoms with Crippen LogP contribution >= 0.6 is 0 Å². The molecule has 2 aliphatic rings. The molecule has 1 aromatic heterocycles. The van der Waals surface area contributed by atoms with Crippen LogP contribution in [-0.2, 0) is 4.79 Å². The van der Waals surface area contributed by atoms with Crippen LogP contribution < -0.4 is 5.32 Å². The number of aromatic nitrogens is 1. The molecule has 1 N–H and O–H groups in total. The summed E-state index contributed by atoms with van der Waals surface area (Å²) in [4.78, 5) is 16.9. The lowest BCUT2D eigenvalue weighted by molar-refractivity contribution is -0.117. The number of nitrogens with one attached hydrogen (secondary N) is 1. The third kappa shape index (κ3) is 4.92. The predicted molar refractivity (Wildman–Crippen MR) is 93.9 cm³/mol. The maximum Gasteiger partial charge on any atom is 0.239 e. The van der Waals surface area contributed by atoms with Crippen LogP contribution in [0, 0.1) is 6.92 Å². The molecule has 1 fully saturated rings. The van der Waals surface area contributed by atoms with Gasteiger partial charge in [0.1, 0.15) is 5.76 Å². The second-order valence-corrected chi connectivity index (χ2v) is 6.82. The van der Waals surface area contributed by atoms with E-state index in [4.69, 9.17) is 4.52 Å². The van der Waals surface area contributed by atoms with Crippen molar-refractivity contribution >= 4 is 11.7 Å². The van der Waals surface area contributed by atoms with Gasteiger partial charge in [0, 0.05) is 38.3 Å². The Balaban J connectivity index is 1.42. The highest BCUT2D eigenvalue weighted by atomic mass is 16.5. The fourth-order valence-electron chi connectivity index (χ4n) is 3.51. The number of nitrogens with zero attached hydrogens (tertiary/aromatic N) is 3. The van der Waals surface area contributed by atoms with Crippen LogP contribution in [0.1, 0.15) is 37.9 Å². The Morgan fingerprint density at radius 1 is 1.29 bits per heavy atom. The minimum Gasteiger partial charge on any atom is -0.360 e. The van der Waals surface area contributed by atoms with Crippen LogP contribution in [0.3, 0.4) is 0 Å². The van der Waals surface area contributed by atoms with Gasteiger partial charge in [-0.25, -0.2) is 0 Å². The van der Waals surface area contributed by atoms with E-state index in [1.54, 1.807) is 6.07 Å². The summed E-state index contributed by atoms with van der Waals surface area (Å²) in [6.07, 6.45) is 11.2. The van der Waals surface area contributed by atoms with Gasteiger partial charge in [-0.2, -0.15) is 0 Å². The number of aryl methyl sites for hydroxylation is 1. The van der Waals surface area contributed by atoms with E-state index in [9.17, 15) is 4.79 Å². The molecule has 0 spiro atoms. The molecule has 1 atom stereocenters. The molecule has 24 heavy (non-hydrogen) atoms. The third-order valence-electron chi connectivity index (χ3n) is 4.87. The lowest BCUT2D eigenvalue weighted by atomic mass is 10.0. The average Bonchev–Trinajstić information content (AvgIpc) is 2.93. The number of hydrogen-bond acceptors (Lipinski definition) is 5. The number of hydrogen-bond donors (Lipinski definition) is 1. The molecular weight excluding hydrogens is 304 g/mol. The largest absolute Gasteiger partial charge is 0.360 e. The fourth-order valence-corrected chi connectivity index (χ4v) is 3.51. The van der Waals surface area contributed by atoms with Gasteiger partial charge in [-0.05, 0) is 26.2 Å². The van der Waals surface area contributed by atoms with Gasteiger partial charge in [0.25, 0.3) is 0 Å². The first kappa shape index (κ1) is 17.2. The number of carbonyl (C=O) groups is 1. The van der Waals surface area contributed by atoms with E-state index in [0.29, 0.717) is 24.2 Å².